The first-order chi connectivity index (χ1) is 7.06. The Morgan fingerprint density at radius 2 is 2.20 bits per heavy atom. The number of rotatable bonds is 3. The van der Waals surface area contributed by atoms with Crippen LogP contribution in [0, 0.1) is 34.1 Å². The molecule has 0 aliphatic carbocycles. The van der Waals surface area contributed by atoms with Crippen LogP contribution in [-0.2, 0) is 0 Å². The second-order valence-corrected chi connectivity index (χ2v) is 2.60. The lowest BCUT2D eigenvalue weighted by atomic mass is 10.2. The van der Waals surface area contributed by atoms with Crippen LogP contribution in [0.5, 0.6) is 0 Å². The Kier molecular flexibility index (Phi) is 3.18. The maximum Gasteiger partial charge on any atom is 0.327 e. The van der Waals surface area contributed by atoms with E-state index in [2.05, 4.69) is 11.2 Å². The third-order valence-electron chi connectivity index (χ3n) is 1.59. The lowest BCUT2D eigenvalue weighted by Gasteiger charge is -2.04. The van der Waals surface area contributed by atoms with Crippen molar-refractivity contribution in [1.29, 1.82) is 0 Å². The fourth-order valence-electron chi connectivity index (χ4n) is 1.03. The van der Waals surface area contributed by atoms with Crippen LogP contribution >= 0.6 is 0 Å². The third-order valence-corrected chi connectivity index (χ3v) is 1.59. The summed E-state index contributed by atoms with van der Waals surface area (Å²) in [5.41, 5.74) is -1.08. The number of anilines is 1. The molecule has 78 valence electrons. The SMILES string of the molecule is C#CCNc1cc(F)cc(F)c1[N+](=O)[O-]. The average Bonchev–Trinajstić information content (AvgIpc) is 2.12. The van der Waals surface area contributed by atoms with Gasteiger partial charge in [0.1, 0.15) is 11.5 Å². The van der Waals surface area contributed by atoms with Gasteiger partial charge in [-0.2, -0.15) is 4.39 Å². The van der Waals surface area contributed by atoms with E-state index in [4.69, 9.17) is 6.42 Å². The van der Waals surface area contributed by atoms with Crippen LogP contribution in [0.25, 0.3) is 0 Å². The van der Waals surface area contributed by atoms with Crippen molar-refractivity contribution in [2.45, 2.75) is 0 Å². The average molecular weight is 212 g/mol. The monoisotopic (exact) mass is 212 g/mol. The lowest BCUT2D eigenvalue weighted by molar-refractivity contribution is -0.386. The van der Waals surface area contributed by atoms with Gasteiger partial charge in [-0.25, -0.2) is 4.39 Å². The number of nitrogens with zero attached hydrogens (tertiary/aromatic N) is 1. The van der Waals surface area contributed by atoms with E-state index in [1.807, 2.05) is 0 Å². The van der Waals surface area contributed by atoms with Gasteiger partial charge in [0, 0.05) is 12.1 Å². The summed E-state index contributed by atoms with van der Waals surface area (Å²) in [6, 6.07) is 1.26. The molecule has 0 aromatic heterocycles. The van der Waals surface area contributed by atoms with Gasteiger partial charge in [-0.1, -0.05) is 5.92 Å². The van der Waals surface area contributed by atoms with Crippen molar-refractivity contribution in [1.82, 2.24) is 0 Å². The van der Waals surface area contributed by atoms with Crippen LogP contribution < -0.4 is 5.32 Å². The summed E-state index contributed by atoms with van der Waals surface area (Å²) in [5, 5.41) is 12.8. The molecule has 1 rings (SSSR count). The van der Waals surface area contributed by atoms with E-state index in [9.17, 15) is 18.9 Å². The summed E-state index contributed by atoms with van der Waals surface area (Å²) in [6.45, 7) is -0.0519. The molecular formula is C9H6F2N2O2. The van der Waals surface area contributed by atoms with E-state index in [0.29, 0.717) is 6.07 Å². The number of hydrogen-bond donors (Lipinski definition) is 1. The minimum atomic E-state index is -1.24. The Hall–Kier alpha value is -2.16. The molecule has 0 bridgehead atoms. The van der Waals surface area contributed by atoms with Crippen molar-refractivity contribution < 1.29 is 13.7 Å². The van der Waals surface area contributed by atoms with Gasteiger partial charge < -0.3 is 5.32 Å². The van der Waals surface area contributed by atoms with Gasteiger partial charge >= 0.3 is 5.69 Å². The number of benzene rings is 1. The van der Waals surface area contributed by atoms with Crippen molar-refractivity contribution in [2.75, 3.05) is 11.9 Å². The topological polar surface area (TPSA) is 55.2 Å². The minimum absolute atomic E-state index is 0.0519. The van der Waals surface area contributed by atoms with Gasteiger partial charge in [0.25, 0.3) is 0 Å². The van der Waals surface area contributed by atoms with E-state index < -0.39 is 22.2 Å². The Labute approximate surface area is 84.1 Å². The van der Waals surface area contributed by atoms with Crippen molar-refractivity contribution >= 4 is 11.4 Å². The van der Waals surface area contributed by atoms with Crippen molar-refractivity contribution in [3.63, 3.8) is 0 Å². The molecule has 1 aromatic carbocycles. The van der Waals surface area contributed by atoms with Gasteiger partial charge in [-0.15, -0.1) is 6.42 Å². The van der Waals surface area contributed by atoms with E-state index in [1.165, 1.54) is 0 Å². The summed E-state index contributed by atoms with van der Waals surface area (Å²) >= 11 is 0. The first kappa shape index (κ1) is 10.9. The second-order valence-electron chi connectivity index (χ2n) is 2.60. The van der Waals surface area contributed by atoms with Gasteiger partial charge in [-0.3, -0.25) is 10.1 Å². The standard InChI is InChI=1S/C9H6F2N2O2/c1-2-3-12-8-5-6(10)4-7(11)9(8)13(14)15/h1,4-5,12H,3H2. The van der Waals surface area contributed by atoms with Crippen molar-refractivity contribution in [3.05, 3.63) is 33.9 Å². The molecule has 0 fully saturated rings. The van der Waals surface area contributed by atoms with Crippen LogP contribution in [0.3, 0.4) is 0 Å². The number of nitro benzene ring substituents is 1. The van der Waals surface area contributed by atoms with Gasteiger partial charge in [-0.05, 0) is 0 Å². The molecule has 4 nitrogen and oxygen atoms in total. The van der Waals surface area contributed by atoms with Gasteiger partial charge in [0.15, 0.2) is 0 Å². The molecule has 0 radical (unpaired) electrons. The molecule has 0 aliphatic heterocycles. The zero-order valence-corrected chi connectivity index (χ0v) is 7.46. The Morgan fingerprint density at radius 3 is 2.73 bits per heavy atom. The lowest BCUT2D eigenvalue weighted by Crippen LogP contribution is -2.04. The van der Waals surface area contributed by atoms with Crippen LogP contribution in [0.15, 0.2) is 12.1 Å². The maximum absolute atomic E-state index is 13.0. The number of hydrogen-bond acceptors (Lipinski definition) is 3. The fraction of sp³-hybridized carbons (Fsp3) is 0.111. The molecule has 6 heteroatoms. The number of halogens is 2. The zero-order chi connectivity index (χ0) is 11.4. The minimum Gasteiger partial charge on any atom is -0.368 e. The first-order valence-corrected chi connectivity index (χ1v) is 3.87. The van der Waals surface area contributed by atoms with Crippen LogP contribution in [0.2, 0.25) is 0 Å². The molecule has 0 spiro atoms. The number of nitrogens with one attached hydrogen (secondary N) is 1. The highest BCUT2D eigenvalue weighted by Crippen LogP contribution is 2.28. The smallest absolute Gasteiger partial charge is 0.327 e. The summed E-state index contributed by atoms with van der Waals surface area (Å²) in [4.78, 5) is 9.53. The quantitative estimate of drug-likeness (QED) is 0.473. The summed E-state index contributed by atoms with van der Waals surface area (Å²) in [6.07, 6.45) is 4.91. The molecule has 0 saturated heterocycles. The normalized spacial score (nSPS) is 9.40. The highest BCUT2D eigenvalue weighted by Gasteiger charge is 2.21. The van der Waals surface area contributed by atoms with Gasteiger partial charge in [0.05, 0.1) is 11.5 Å². The van der Waals surface area contributed by atoms with Crippen LogP contribution in [-0.4, -0.2) is 11.5 Å². The second kappa shape index (κ2) is 4.37. The molecule has 0 atom stereocenters. The largest absolute Gasteiger partial charge is 0.368 e. The molecule has 0 amide bonds. The Morgan fingerprint density at radius 1 is 1.53 bits per heavy atom. The summed E-state index contributed by atoms with van der Waals surface area (Å²) < 4.78 is 25.8. The molecule has 0 saturated carbocycles. The Balaban J connectivity index is 3.22. The Bertz CT molecular complexity index is 440. The molecule has 15 heavy (non-hydrogen) atoms. The van der Waals surface area contributed by atoms with Crippen LogP contribution in [0.4, 0.5) is 20.2 Å². The predicted octanol–water partition coefficient (Wildman–Crippen LogP) is 1.92. The number of nitro groups is 1. The van der Waals surface area contributed by atoms with Gasteiger partial charge in [0.2, 0.25) is 5.82 Å². The van der Waals surface area contributed by atoms with Crippen LogP contribution in [0.1, 0.15) is 0 Å². The van der Waals surface area contributed by atoms with E-state index >= 15 is 0 Å². The summed E-state index contributed by atoms with van der Waals surface area (Å²) in [5.74, 6) is 0.00111. The molecular weight excluding hydrogens is 206 g/mol. The highest BCUT2D eigenvalue weighted by molar-refractivity contribution is 5.62. The van der Waals surface area contributed by atoms with E-state index in [0.717, 1.165) is 6.07 Å². The van der Waals surface area contributed by atoms with Crippen molar-refractivity contribution in [3.8, 4) is 12.3 Å². The van der Waals surface area contributed by atoms with Crippen molar-refractivity contribution in [2.24, 2.45) is 0 Å². The molecule has 0 unspecified atom stereocenters. The molecule has 0 heterocycles. The summed E-state index contributed by atoms with van der Waals surface area (Å²) in [7, 11) is 0. The van der Waals surface area contributed by atoms with E-state index in [1.54, 1.807) is 0 Å². The third kappa shape index (κ3) is 2.40. The molecule has 1 aromatic rings. The fourth-order valence-corrected chi connectivity index (χ4v) is 1.03. The molecule has 0 aliphatic rings. The van der Waals surface area contributed by atoms with E-state index in [-0.39, 0.29) is 12.2 Å². The predicted molar refractivity (Wildman–Crippen MR) is 50.3 cm³/mol. The molecule has 1 N–H and O–H groups in total. The first-order valence-electron chi connectivity index (χ1n) is 3.87. The zero-order valence-electron chi connectivity index (χ0n) is 7.46. The maximum atomic E-state index is 13.0. The number of terminal acetylenes is 1. The highest BCUT2D eigenvalue weighted by atomic mass is 19.1.